The van der Waals surface area contributed by atoms with Crippen LogP contribution < -0.4 is 0 Å². The van der Waals surface area contributed by atoms with E-state index < -0.39 is 5.97 Å². The fourth-order valence-corrected chi connectivity index (χ4v) is 2.12. The van der Waals surface area contributed by atoms with Crippen molar-refractivity contribution in [3.63, 3.8) is 0 Å². The SMILES string of the molecule is C=C(C)C(=O)O.c1ccc(-c2ccc(-c3ccccc3)cc2)cc1. The van der Waals surface area contributed by atoms with Crippen LogP contribution in [0.1, 0.15) is 6.92 Å². The Balaban J connectivity index is 0.000000301. The number of hydrogen-bond donors (Lipinski definition) is 1. The predicted molar refractivity (Wildman–Crippen MR) is 99.8 cm³/mol. The summed E-state index contributed by atoms with van der Waals surface area (Å²) in [6, 6.07) is 29.6. The molecule has 3 rings (SSSR count). The van der Waals surface area contributed by atoms with Crippen molar-refractivity contribution < 1.29 is 9.90 Å². The van der Waals surface area contributed by atoms with Gasteiger partial charge in [-0.05, 0) is 29.2 Å². The van der Waals surface area contributed by atoms with Crippen LogP contribution in [0.25, 0.3) is 22.3 Å². The molecule has 0 heterocycles. The molecule has 24 heavy (non-hydrogen) atoms. The Bertz CT molecular complexity index is 718. The minimum atomic E-state index is -0.935. The molecule has 0 aliphatic rings. The Morgan fingerprint density at radius 3 is 1.17 bits per heavy atom. The molecule has 0 spiro atoms. The van der Waals surface area contributed by atoms with Crippen LogP contribution in [0.15, 0.2) is 97.1 Å². The highest BCUT2D eigenvalue weighted by Gasteiger charge is 1.98. The molecule has 2 nitrogen and oxygen atoms in total. The van der Waals surface area contributed by atoms with Crippen LogP contribution in [0.3, 0.4) is 0 Å². The molecule has 0 atom stereocenters. The quantitative estimate of drug-likeness (QED) is 0.632. The second-order valence-corrected chi connectivity index (χ2v) is 5.39. The zero-order chi connectivity index (χ0) is 17.4. The number of benzene rings is 3. The lowest BCUT2D eigenvalue weighted by Gasteiger charge is -2.04. The maximum atomic E-state index is 9.60. The Hall–Kier alpha value is -3.13. The van der Waals surface area contributed by atoms with Crippen LogP contribution >= 0.6 is 0 Å². The summed E-state index contributed by atoms with van der Waals surface area (Å²) < 4.78 is 0. The summed E-state index contributed by atoms with van der Waals surface area (Å²) in [7, 11) is 0. The van der Waals surface area contributed by atoms with Gasteiger partial charge in [0, 0.05) is 5.57 Å². The summed E-state index contributed by atoms with van der Waals surface area (Å²) in [6.07, 6.45) is 0. The number of rotatable bonds is 3. The third-order valence-electron chi connectivity index (χ3n) is 3.46. The van der Waals surface area contributed by atoms with Gasteiger partial charge in [0.25, 0.3) is 0 Å². The van der Waals surface area contributed by atoms with E-state index >= 15 is 0 Å². The number of carboxylic acid groups (broad SMARTS) is 1. The maximum absolute atomic E-state index is 9.60. The lowest BCUT2D eigenvalue weighted by atomic mass is 10.0. The molecule has 0 fully saturated rings. The number of carbonyl (C=O) groups is 1. The first-order valence-corrected chi connectivity index (χ1v) is 7.67. The van der Waals surface area contributed by atoms with Gasteiger partial charge in [0.2, 0.25) is 0 Å². The van der Waals surface area contributed by atoms with Crippen molar-refractivity contribution in [3.05, 3.63) is 97.1 Å². The predicted octanol–water partition coefficient (Wildman–Crippen LogP) is 5.67. The second-order valence-electron chi connectivity index (χ2n) is 5.39. The number of carboxylic acids is 1. The first-order valence-electron chi connectivity index (χ1n) is 7.67. The molecule has 3 aromatic rings. The Kier molecular flexibility index (Phi) is 6.09. The van der Waals surface area contributed by atoms with Crippen molar-refractivity contribution >= 4 is 5.97 Å². The summed E-state index contributed by atoms with van der Waals surface area (Å²) >= 11 is 0. The summed E-state index contributed by atoms with van der Waals surface area (Å²) in [5.74, 6) is -0.935. The van der Waals surface area contributed by atoms with Gasteiger partial charge in [0.1, 0.15) is 0 Å². The van der Waals surface area contributed by atoms with Crippen molar-refractivity contribution in [2.45, 2.75) is 6.92 Å². The zero-order valence-electron chi connectivity index (χ0n) is 13.6. The second kappa shape index (κ2) is 8.49. The van der Waals surface area contributed by atoms with E-state index in [2.05, 4.69) is 79.4 Å². The zero-order valence-corrected chi connectivity index (χ0v) is 13.6. The number of hydrogen-bond acceptors (Lipinski definition) is 1. The lowest BCUT2D eigenvalue weighted by molar-refractivity contribution is -0.132. The molecule has 0 unspecified atom stereocenters. The summed E-state index contributed by atoms with van der Waals surface area (Å²) in [6.45, 7) is 4.60. The fraction of sp³-hybridized carbons (Fsp3) is 0.0455. The van der Waals surface area contributed by atoms with Crippen LogP contribution in [-0.4, -0.2) is 11.1 Å². The number of aliphatic carboxylic acids is 1. The summed E-state index contributed by atoms with van der Waals surface area (Å²) in [5, 5.41) is 7.89. The van der Waals surface area contributed by atoms with Crippen molar-refractivity contribution in [1.82, 2.24) is 0 Å². The first kappa shape index (κ1) is 17.2. The maximum Gasteiger partial charge on any atom is 0.330 e. The van der Waals surface area contributed by atoms with Crippen molar-refractivity contribution in [1.29, 1.82) is 0 Å². The summed E-state index contributed by atoms with van der Waals surface area (Å²) in [5.41, 5.74) is 5.22. The van der Waals surface area contributed by atoms with Crippen LogP contribution in [-0.2, 0) is 4.79 Å². The lowest BCUT2D eigenvalue weighted by Crippen LogP contribution is -1.92. The van der Waals surface area contributed by atoms with E-state index in [-0.39, 0.29) is 5.57 Å². The van der Waals surface area contributed by atoms with Crippen molar-refractivity contribution in [2.24, 2.45) is 0 Å². The highest BCUT2D eigenvalue weighted by Crippen LogP contribution is 2.24. The molecule has 1 N–H and O–H groups in total. The molecular weight excluding hydrogens is 296 g/mol. The smallest absolute Gasteiger partial charge is 0.330 e. The van der Waals surface area contributed by atoms with Gasteiger partial charge in [-0.15, -0.1) is 0 Å². The van der Waals surface area contributed by atoms with Crippen molar-refractivity contribution in [2.75, 3.05) is 0 Å². The minimum Gasteiger partial charge on any atom is -0.478 e. The Labute approximate surface area is 142 Å². The van der Waals surface area contributed by atoms with E-state index in [1.807, 2.05) is 12.1 Å². The molecule has 0 saturated carbocycles. The molecule has 0 bridgehead atoms. The molecule has 0 aliphatic carbocycles. The fourth-order valence-electron chi connectivity index (χ4n) is 2.12. The molecular formula is C22H20O2. The highest BCUT2D eigenvalue weighted by molar-refractivity contribution is 5.84. The van der Waals surface area contributed by atoms with E-state index in [1.54, 1.807) is 0 Å². The molecule has 120 valence electrons. The van der Waals surface area contributed by atoms with Crippen LogP contribution in [0.4, 0.5) is 0 Å². The monoisotopic (exact) mass is 316 g/mol. The van der Waals surface area contributed by atoms with E-state index in [1.165, 1.54) is 29.2 Å². The standard InChI is InChI=1S/C18H14.C4H6O2/c1-3-7-15(8-4-1)17-11-13-18(14-12-17)16-9-5-2-6-10-16;1-3(2)4(5)6/h1-14H;1H2,2H3,(H,5,6). The van der Waals surface area contributed by atoms with Gasteiger partial charge in [-0.25, -0.2) is 4.79 Å². The third kappa shape index (κ3) is 4.96. The molecule has 2 heteroatoms. The normalized spacial score (nSPS) is 9.54. The first-order chi connectivity index (χ1) is 11.6. The molecule has 0 saturated heterocycles. The van der Waals surface area contributed by atoms with E-state index in [9.17, 15) is 4.79 Å². The Morgan fingerprint density at radius 2 is 0.917 bits per heavy atom. The average molecular weight is 316 g/mol. The van der Waals surface area contributed by atoms with Gasteiger partial charge in [-0.2, -0.15) is 0 Å². The van der Waals surface area contributed by atoms with Crippen LogP contribution in [0.2, 0.25) is 0 Å². The van der Waals surface area contributed by atoms with E-state index in [4.69, 9.17) is 5.11 Å². The molecule has 3 aromatic carbocycles. The molecule has 0 aliphatic heterocycles. The van der Waals surface area contributed by atoms with E-state index in [0.29, 0.717) is 0 Å². The Morgan fingerprint density at radius 1 is 0.667 bits per heavy atom. The molecule has 0 radical (unpaired) electrons. The van der Waals surface area contributed by atoms with Crippen molar-refractivity contribution in [3.8, 4) is 22.3 Å². The van der Waals surface area contributed by atoms with Crippen LogP contribution in [0, 0.1) is 0 Å². The van der Waals surface area contributed by atoms with Gasteiger partial charge < -0.3 is 5.11 Å². The molecule has 0 aromatic heterocycles. The van der Waals surface area contributed by atoms with Gasteiger partial charge >= 0.3 is 5.97 Å². The average Bonchev–Trinajstić information content (AvgIpc) is 2.64. The minimum absolute atomic E-state index is 0.176. The molecule has 0 amide bonds. The van der Waals surface area contributed by atoms with Crippen LogP contribution in [0.5, 0.6) is 0 Å². The van der Waals surface area contributed by atoms with Gasteiger partial charge in [-0.1, -0.05) is 91.5 Å². The summed E-state index contributed by atoms with van der Waals surface area (Å²) in [4.78, 5) is 9.60. The topological polar surface area (TPSA) is 37.3 Å². The third-order valence-corrected chi connectivity index (χ3v) is 3.46. The highest BCUT2D eigenvalue weighted by atomic mass is 16.4. The largest absolute Gasteiger partial charge is 0.478 e. The van der Waals surface area contributed by atoms with Gasteiger partial charge in [-0.3, -0.25) is 0 Å². The van der Waals surface area contributed by atoms with Gasteiger partial charge in [0.15, 0.2) is 0 Å². The van der Waals surface area contributed by atoms with Gasteiger partial charge in [0.05, 0.1) is 0 Å². The van der Waals surface area contributed by atoms with E-state index in [0.717, 1.165) is 0 Å².